The Balaban J connectivity index is 1.39. The molecule has 1 saturated heterocycles. The van der Waals surface area contributed by atoms with Crippen molar-refractivity contribution in [2.75, 3.05) is 24.7 Å². The summed E-state index contributed by atoms with van der Waals surface area (Å²) >= 11 is 0. The first kappa shape index (κ1) is 21.0. The van der Waals surface area contributed by atoms with E-state index in [0.29, 0.717) is 12.6 Å². The van der Waals surface area contributed by atoms with Crippen molar-refractivity contribution in [2.24, 2.45) is 0 Å². The SMILES string of the molecule is Cc1cc(N2CCOC[C@@H]2C)ccc1-c1ccc(CC(=O)NCc2cccnc2)nc1. The Kier molecular flexibility index (Phi) is 6.57. The predicted molar refractivity (Wildman–Crippen MR) is 122 cm³/mol. The van der Waals surface area contributed by atoms with Crippen LogP contribution in [0.15, 0.2) is 61.1 Å². The van der Waals surface area contributed by atoms with Crippen LogP contribution >= 0.6 is 0 Å². The number of benzene rings is 1. The molecular weight excluding hydrogens is 388 g/mol. The summed E-state index contributed by atoms with van der Waals surface area (Å²) in [6.07, 6.45) is 5.58. The van der Waals surface area contributed by atoms with Gasteiger partial charge in [-0.3, -0.25) is 14.8 Å². The third kappa shape index (κ3) is 5.27. The molecule has 1 aliphatic rings. The Morgan fingerprint density at radius 2 is 2.13 bits per heavy atom. The van der Waals surface area contributed by atoms with Gasteiger partial charge in [0.15, 0.2) is 0 Å². The van der Waals surface area contributed by atoms with Crippen LogP contribution in [0.4, 0.5) is 5.69 Å². The summed E-state index contributed by atoms with van der Waals surface area (Å²) < 4.78 is 5.55. The third-order valence-electron chi connectivity index (χ3n) is 5.60. The van der Waals surface area contributed by atoms with Crippen LogP contribution in [0.1, 0.15) is 23.7 Å². The highest BCUT2D eigenvalue weighted by Crippen LogP contribution is 2.28. The lowest BCUT2D eigenvalue weighted by Crippen LogP contribution is -2.43. The topological polar surface area (TPSA) is 67.3 Å². The summed E-state index contributed by atoms with van der Waals surface area (Å²) in [5.74, 6) is -0.0516. The smallest absolute Gasteiger partial charge is 0.226 e. The zero-order valence-electron chi connectivity index (χ0n) is 18.0. The van der Waals surface area contributed by atoms with Crippen LogP contribution < -0.4 is 10.2 Å². The summed E-state index contributed by atoms with van der Waals surface area (Å²) in [4.78, 5) is 23.2. The zero-order valence-corrected chi connectivity index (χ0v) is 18.0. The zero-order chi connectivity index (χ0) is 21.6. The van der Waals surface area contributed by atoms with Crippen molar-refractivity contribution < 1.29 is 9.53 Å². The average Bonchev–Trinajstić information content (AvgIpc) is 2.79. The lowest BCUT2D eigenvalue weighted by Gasteiger charge is -2.35. The van der Waals surface area contributed by atoms with E-state index in [9.17, 15) is 4.79 Å². The number of pyridine rings is 2. The highest BCUT2D eigenvalue weighted by Gasteiger charge is 2.19. The molecule has 0 bridgehead atoms. The van der Waals surface area contributed by atoms with Gasteiger partial charge in [-0.2, -0.15) is 0 Å². The lowest BCUT2D eigenvalue weighted by atomic mass is 10.00. The second kappa shape index (κ2) is 9.71. The van der Waals surface area contributed by atoms with Crippen LogP contribution in [-0.2, 0) is 22.5 Å². The Hall–Kier alpha value is -3.25. The fourth-order valence-electron chi connectivity index (χ4n) is 3.88. The molecule has 6 heteroatoms. The number of hydrogen-bond donors (Lipinski definition) is 1. The number of aryl methyl sites for hydroxylation is 1. The molecule has 0 saturated carbocycles. The van der Waals surface area contributed by atoms with Gasteiger partial charge in [0.05, 0.1) is 19.6 Å². The maximum Gasteiger partial charge on any atom is 0.226 e. The number of rotatable bonds is 6. The molecule has 1 atom stereocenters. The predicted octanol–water partition coefficient (Wildman–Crippen LogP) is 3.54. The average molecular weight is 417 g/mol. The Bertz CT molecular complexity index is 1020. The Morgan fingerprint density at radius 3 is 2.84 bits per heavy atom. The number of nitrogens with one attached hydrogen (secondary N) is 1. The number of carbonyl (C=O) groups excluding carboxylic acids is 1. The highest BCUT2D eigenvalue weighted by molar-refractivity contribution is 5.78. The van der Waals surface area contributed by atoms with Crippen molar-refractivity contribution in [2.45, 2.75) is 32.9 Å². The highest BCUT2D eigenvalue weighted by atomic mass is 16.5. The Labute approximate surface area is 183 Å². The molecule has 1 amide bonds. The fraction of sp³-hybridized carbons (Fsp3) is 0.320. The molecule has 31 heavy (non-hydrogen) atoms. The normalized spacial score (nSPS) is 16.2. The Morgan fingerprint density at radius 1 is 1.23 bits per heavy atom. The van der Waals surface area contributed by atoms with Gasteiger partial charge in [-0.15, -0.1) is 0 Å². The summed E-state index contributed by atoms with van der Waals surface area (Å²) in [6, 6.07) is 14.7. The van der Waals surface area contributed by atoms with Crippen molar-refractivity contribution in [3.63, 3.8) is 0 Å². The molecule has 1 aromatic carbocycles. The van der Waals surface area contributed by atoms with Crippen molar-refractivity contribution in [1.29, 1.82) is 0 Å². The van der Waals surface area contributed by atoms with E-state index in [-0.39, 0.29) is 12.3 Å². The van der Waals surface area contributed by atoms with Gasteiger partial charge in [0.25, 0.3) is 0 Å². The lowest BCUT2D eigenvalue weighted by molar-refractivity contribution is -0.120. The van der Waals surface area contributed by atoms with Gasteiger partial charge in [-0.05, 0) is 54.8 Å². The van der Waals surface area contributed by atoms with Crippen LogP contribution in [-0.4, -0.2) is 41.7 Å². The van der Waals surface area contributed by atoms with E-state index < -0.39 is 0 Å². The number of hydrogen-bond acceptors (Lipinski definition) is 5. The number of nitrogens with zero attached hydrogens (tertiary/aromatic N) is 3. The van der Waals surface area contributed by atoms with E-state index >= 15 is 0 Å². The molecule has 3 aromatic rings. The number of anilines is 1. The molecule has 0 spiro atoms. The number of aromatic nitrogens is 2. The van der Waals surface area contributed by atoms with Crippen molar-refractivity contribution in [3.05, 3.63) is 77.9 Å². The fourth-order valence-corrected chi connectivity index (χ4v) is 3.88. The molecule has 2 aromatic heterocycles. The van der Waals surface area contributed by atoms with E-state index in [1.807, 2.05) is 30.5 Å². The molecule has 0 aliphatic carbocycles. The molecular formula is C25H28N4O2. The molecule has 4 rings (SSSR count). The summed E-state index contributed by atoms with van der Waals surface area (Å²) in [7, 11) is 0. The molecule has 160 valence electrons. The molecule has 1 N–H and O–H groups in total. The van der Waals surface area contributed by atoms with E-state index in [0.717, 1.165) is 42.1 Å². The van der Waals surface area contributed by atoms with Gasteiger partial charge >= 0.3 is 0 Å². The van der Waals surface area contributed by atoms with E-state index in [1.54, 1.807) is 12.4 Å². The maximum absolute atomic E-state index is 12.2. The van der Waals surface area contributed by atoms with Crippen LogP contribution in [0.5, 0.6) is 0 Å². The first-order valence-electron chi connectivity index (χ1n) is 10.7. The molecule has 0 unspecified atom stereocenters. The maximum atomic E-state index is 12.2. The molecule has 3 heterocycles. The first-order valence-corrected chi connectivity index (χ1v) is 10.7. The number of ether oxygens (including phenoxy) is 1. The molecule has 6 nitrogen and oxygen atoms in total. The summed E-state index contributed by atoms with van der Waals surface area (Å²) in [6.45, 7) is 7.24. The van der Waals surface area contributed by atoms with Crippen LogP contribution in [0.2, 0.25) is 0 Å². The van der Waals surface area contributed by atoms with Gasteiger partial charge < -0.3 is 15.0 Å². The van der Waals surface area contributed by atoms with Gasteiger partial charge in [0.2, 0.25) is 5.91 Å². The standard InChI is InChI=1S/C25H28N4O2/c1-18-12-23(29-10-11-31-17-19(29)2)7-8-24(18)21-5-6-22(27-16-21)13-25(30)28-15-20-4-3-9-26-14-20/h3-9,12,14,16,19H,10-11,13,15,17H2,1-2H3,(H,28,30)/t19-/m0/s1. The number of morpholine rings is 1. The van der Waals surface area contributed by atoms with Gasteiger partial charge in [-0.1, -0.05) is 18.2 Å². The van der Waals surface area contributed by atoms with Crippen molar-refractivity contribution >= 4 is 11.6 Å². The van der Waals surface area contributed by atoms with E-state index in [4.69, 9.17) is 4.74 Å². The monoisotopic (exact) mass is 416 g/mol. The van der Waals surface area contributed by atoms with Gasteiger partial charge in [0, 0.05) is 54.7 Å². The van der Waals surface area contributed by atoms with Gasteiger partial charge in [-0.25, -0.2) is 0 Å². The second-order valence-corrected chi connectivity index (χ2v) is 7.97. The van der Waals surface area contributed by atoms with Crippen LogP contribution in [0.25, 0.3) is 11.1 Å². The van der Waals surface area contributed by atoms with E-state index in [1.165, 1.54) is 11.3 Å². The third-order valence-corrected chi connectivity index (χ3v) is 5.60. The molecule has 1 aliphatic heterocycles. The quantitative estimate of drug-likeness (QED) is 0.666. The summed E-state index contributed by atoms with van der Waals surface area (Å²) in [5, 5.41) is 2.91. The minimum Gasteiger partial charge on any atom is -0.377 e. The first-order chi connectivity index (χ1) is 15.1. The minimum atomic E-state index is -0.0516. The second-order valence-electron chi connectivity index (χ2n) is 7.97. The molecule has 1 fully saturated rings. The number of carbonyl (C=O) groups is 1. The van der Waals surface area contributed by atoms with E-state index in [2.05, 4.69) is 52.2 Å². The van der Waals surface area contributed by atoms with Crippen LogP contribution in [0.3, 0.4) is 0 Å². The van der Waals surface area contributed by atoms with Crippen molar-refractivity contribution in [1.82, 2.24) is 15.3 Å². The molecule has 0 radical (unpaired) electrons. The van der Waals surface area contributed by atoms with Crippen LogP contribution in [0, 0.1) is 6.92 Å². The number of amides is 1. The summed E-state index contributed by atoms with van der Waals surface area (Å²) in [5.41, 5.74) is 6.38. The van der Waals surface area contributed by atoms with Gasteiger partial charge in [0.1, 0.15) is 0 Å². The minimum absolute atomic E-state index is 0.0516. The van der Waals surface area contributed by atoms with Crippen molar-refractivity contribution in [3.8, 4) is 11.1 Å². The largest absolute Gasteiger partial charge is 0.377 e.